The van der Waals surface area contributed by atoms with E-state index < -0.39 is 0 Å². The van der Waals surface area contributed by atoms with Gasteiger partial charge in [-0.3, -0.25) is 9.69 Å². The summed E-state index contributed by atoms with van der Waals surface area (Å²) >= 11 is 0. The predicted molar refractivity (Wildman–Crippen MR) is 97.7 cm³/mol. The number of likely N-dealkylation sites (tertiary alicyclic amines) is 1. The molecule has 5 rings (SSSR count). The maximum Gasteiger partial charge on any atom is 0.134 e. The fraction of sp³-hybridized carbons (Fsp3) is 0.682. The number of ether oxygens (including phenoxy) is 1. The third-order valence-electron chi connectivity index (χ3n) is 7.43. The fourth-order valence-corrected chi connectivity index (χ4v) is 6.25. The van der Waals surface area contributed by atoms with Crippen LogP contribution in [0.25, 0.3) is 0 Å². The summed E-state index contributed by atoms with van der Waals surface area (Å²) in [6.07, 6.45) is 7.21. The molecule has 2 saturated carbocycles. The zero-order valence-corrected chi connectivity index (χ0v) is 15.3. The van der Waals surface area contributed by atoms with E-state index in [9.17, 15) is 4.79 Å². The van der Waals surface area contributed by atoms with Gasteiger partial charge in [0.1, 0.15) is 5.78 Å². The molecule has 0 spiro atoms. The zero-order valence-electron chi connectivity index (χ0n) is 15.3. The molecule has 1 heterocycles. The molecule has 0 amide bonds. The minimum absolute atomic E-state index is 0.0993. The molecule has 3 fully saturated rings. The van der Waals surface area contributed by atoms with E-state index in [0.717, 1.165) is 38.3 Å². The van der Waals surface area contributed by atoms with Gasteiger partial charge in [0, 0.05) is 37.5 Å². The van der Waals surface area contributed by atoms with E-state index in [-0.39, 0.29) is 11.0 Å². The summed E-state index contributed by atoms with van der Waals surface area (Å²) in [7, 11) is 0. The summed E-state index contributed by atoms with van der Waals surface area (Å²) in [5.41, 5.74) is 2.60. The second kappa shape index (κ2) is 5.65. The Morgan fingerprint density at radius 1 is 1.24 bits per heavy atom. The molecule has 1 aromatic carbocycles. The number of Topliss-reactive ketones (excluding diaryl/α,β-unsaturated/α-hetero) is 1. The minimum Gasteiger partial charge on any atom is -0.373 e. The second-order valence-electron chi connectivity index (χ2n) is 8.69. The third-order valence-corrected chi connectivity index (χ3v) is 7.43. The standard InChI is InChI=1S/C22H29NO2/c1-2-25-22-10-9-18(24)14-21(22)11-12-23(15-16-7-8-16)20(22)13-17-5-3-4-6-19(17)21/h3-6,16,20H,2,7-15H2,1H3/t20-,21-,22-/m1/s1. The van der Waals surface area contributed by atoms with Crippen LogP contribution in [-0.2, 0) is 21.4 Å². The first-order valence-electron chi connectivity index (χ1n) is 10.2. The topological polar surface area (TPSA) is 29.5 Å². The van der Waals surface area contributed by atoms with Crippen molar-refractivity contribution in [2.24, 2.45) is 5.92 Å². The Bertz CT molecular complexity index is 697. The van der Waals surface area contributed by atoms with Gasteiger partial charge in [-0.25, -0.2) is 0 Å². The summed E-state index contributed by atoms with van der Waals surface area (Å²) in [5.74, 6) is 1.33. The van der Waals surface area contributed by atoms with Crippen molar-refractivity contribution >= 4 is 5.78 Å². The quantitative estimate of drug-likeness (QED) is 0.841. The Hall–Kier alpha value is -1.19. The number of nitrogens with zero attached hydrogens (tertiary/aromatic N) is 1. The number of carbonyl (C=O) groups excluding carboxylic acids is 1. The highest BCUT2D eigenvalue weighted by Crippen LogP contribution is 2.59. The van der Waals surface area contributed by atoms with Crippen molar-refractivity contribution in [1.29, 1.82) is 0 Å². The van der Waals surface area contributed by atoms with Crippen LogP contribution < -0.4 is 0 Å². The predicted octanol–water partition coefficient (Wildman–Crippen LogP) is 3.49. The number of carbonyl (C=O) groups is 1. The van der Waals surface area contributed by atoms with Crippen LogP contribution in [0, 0.1) is 5.92 Å². The van der Waals surface area contributed by atoms with Gasteiger partial charge in [-0.2, -0.15) is 0 Å². The number of fused-ring (bicyclic) bond motifs is 1. The fourth-order valence-electron chi connectivity index (χ4n) is 6.25. The first kappa shape index (κ1) is 16.0. The molecular formula is C22H29NO2. The van der Waals surface area contributed by atoms with Gasteiger partial charge in [0.05, 0.1) is 5.60 Å². The largest absolute Gasteiger partial charge is 0.373 e. The van der Waals surface area contributed by atoms with Crippen molar-refractivity contribution in [1.82, 2.24) is 4.90 Å². The summed E-state index contributed by atoms with van der Waals surface area (Å²) < 4.78 is 6.68. The maximum absolute atomic E-state index is 12.6. The van der Waals surface area contributed by atoms with Crippen LogP contribution >= 0.6 is 0 Å². The first-order chi connectivity index (χ1) is 12.2. The van der Waals surface area contributed by atoms with E-state index in [1.807, 2.05) is 0 Å². The number of hydrogen-bond donors (Lipinski definition) is 0. The van der Waals surface area contributed by atoms with Crippen molar-refractivity contribution in [3.05, 3.63) is 35.4 Å². The summed E-state index contributed by atoms with van der Waals surface area (Å²) in [6, 6.07) is 9.33. The smallest absolute Gasteiger partial charge is 0.134 e. The van der Waals surface area contributed by atoms with Crippen molar-refractivity contribution in [2.45, 2.75) is 68.9 Å². The molecule has 3 aliphatic carbocycles. The van der Waals surface area contributed by atoms with Crippen LogP contribution in [-0.4, -0.2) is 42.0 Å². The van der Waals surface area contributed by atoms with Crippen LogP contribution in [0.15, 0.2) is 24.3 Å². The van der Waals surface area contributed by atoms with Gasteiger partial charge in [-0.15, -0.1) is 0 Å². The molecule has 0 radical (unpaired) electrons. The normalized spacial score (nSPS) is 37.5. The molecule has 3 nitrogen and oxygen atoms in total. The van der Waals surface area contributed by atoms with E-state index in [2.05, 4.69) is 36.1 Å². The van der Waals surface area contributed by atoms with Crippen LogP contribution in [0.3, 0.4) is 0 Å². The number of hydrogen-bond acceptors (Lipinski definition) is 3. The Morgan fingerprint density at radius 2 is 2.08 bits per heavy atom. The van der Waals surface area contributed by atoms with E-state index >= 15 is 0 Å². The Morgan fingerprint density at radius 3 is 2.88 bits per heavy atom. The van der Waals surface area contributed by atoms with Crippen molar-refractivity contribution in [3.8, 4) is 0 Å². The van der Waals surface area contributed by atoms with Crippen LogP contribution in [0.1, 0.15) is 56.6 Å². The van der Waals surface area contributed by atoms with Gasteiger partial charge in [0.15, 0.2) is 0 Å². The van der Waals surface area contributed by atoms with E-state index in [1.54, 1.807) is 0 Å². The lowest BCUT2D eigenvalue weighted by atomic mass is 9.49. The molecule has 3 heteroatoms. The van der Waals surface area contributed by atoms with Gasteiger partial charge in [-0.1, -0.05) is 24.3 Å². The van der Waals surface area contributed by atoms with Crippen LogP contribution in [0.4, 0.5) is 0 Å². The van der Waals surface area contributed by atoms with Crippen LogP contribution in [0.2, 0.25) is 0 Å². The SMILES string of the molecule is CCO[C@@]12CCC(=O)C[C@@]13CCN(CC1CC1)[C@@H]2Cc1ccccc13. The Kier molecular flexibility index (Phi) is 3.62. The van der Waals surface area contributed by atoms with E-state index in [4.69, 9.17) is 4.74 Å². The van der Waals surface area contributed by atoms with Gasteiger partial charge in [0.25, 0.3) is 0 Å². The lowest BCUT2D eigenvalue weighted by Gasteiger charge is -2.65. The molecule has 25 heavy (non-hydrogen) atoms. The zero-order chi connectivity index (χ0) is 17.1. The number of ketones is 1. The van der Waals surface area contributed by atoms with Gasteiger partial charge in [-0.05, 0) is 62.6 Å². The molecule has 1 aromatic rings. The average Bonchev–Trinajstić information content (AvgIpc) is 3.42. The summed E-state index contributed by atoms with van der Waals surface area (Å²) in [4.78, 5) is 15.3. The average molecular weight is 339 g/mol. The lowest BCUT2D eigenvalue weighted by molar-refractivity contribution is -0.198. The molecular weight excluding hydrogens is 310 g/mol. The van der Waals surface area contributed by atoms with Gasteiger partial charge >= 0.3 is 0 Å². The number of piperidine rings is 1. The molecule has 0 N–H and O–H groups in total. The molecule has 2 bridgehead atoms. The van der Waals surface area contributed by atoms with Crippen molar-refractivity contribution in [2.75, 3.05) is 19.7 Å². The highest BCUT2D eigenvalue weighted by Gasteiger charge is 2.66. The Balaban J connectivity index is 1.66. The highest BCUT2D eigenvalue weighted by atomic mass is 16.5. The van der Waals surface area contributed by atoms with E-state index in [1.165, 1.54) is 30.5 Å². The molecule has 0 unspecified atom stereocenters. The van der Waals surface area contributed by atoms with Gasteiger partial charge < -0.3 is 4.74 Å². The van der Waals surface area contributed by atoms with E-state index in [0.29, 0.717) is 24.7 Å². The Labute approximate surface area is 150 Å². The number of rotatable bonds is 4. The monoisotopic (exact) mass is 339 g/mol. The number of benzene rings is 1. The maximum atomic E-state index is 12.6. The molecule has 134 valence electrons. The molecule has 4 aliphatic rings. The minimum atomic E-state index is -0.169. The van der Waals surface area contributed by atoms with Crippen LogP contribution in [0.5, 0.6) is 0 Å². The molecule has 1 saturated heterocycles. The second-order valence-corrected chi connectivity index (χ2v) is 8.69. The summed E-state index contributed by atoms with van der Waals surface area (Å²) in [6.45, 7) is 5.22. The molecule has 0 aromatic heterocycles. The van der Waals surface area contributed by atoms with Crippen molar-refractivity contribution < 1.29 is 9.53 Å². The molecule has 1 aliphatic heterocycles. The summed E-state index contributed by atoms with van der Waals surface area (Å²) in [5, 5.41) is 0. The lowest BCUT2D eigenvalue weighted by Crippen LogP contribution is -2.74. The van der Waals surface area contributed by atoms with Gasteiger partial charge in [0.2, 0.25) is 0 Å². The first-order valence-corrected chi connectivity index (χ1v) is 10.2. The third kappa shape index (κ3) is 2.21. The highest BCUT2D eigenvalue weighted by molar-refractivity contribution is 5.82. The molecule has 3 atom stereocenters. The van der Waals surface area contributed by atoms with Crippen molar-refractivity contribution in [3.63, 3.8) is 0 Å².